The Balaban J connectivity index is 3.49. The Morgan fingerprint density at radius 3 is 2.71 bits per heavy atom. The second kappa shape index (κ2) is 4.09. The van der Waals surface area contributed by atoms with Crippen molar-refractivity contribution in [2.24, 2.45) is 5.73 Å². The number of carboxylic acid groups (broad SMARTS) is 1. The summed E-state index contributed by atoms with van der Waals surface area (Å²) in [5.41, 5.74) is 5.73. The van der Waals surface area contributed by atoms with Gasteiger partial charge in [0.2, 0.25) is 0 Å². The molecule has 0 aliphatic rings. The van der Waals surface area contributed by atoms with E-state index in [-0.39, 0.29) is 22.7 Å². The van der Waals surface area contributed by atoms with Crippen LogP contribution in [0.2, 0.25) is 5.02 Å². The molecule has 0 saturated heterocycles. The molecule has 0 spiro atoms. The lowest BCUT2D eigenvalue weighted by Crippen LogP contribution is -2.06. The Morgan fingerprint density at radius 2 is 2.29 bits per heavy atom. The van der Waals surface area contributed by atoms with Gasteiger partial charge in [-0.2, -0.15) is 5.26 Å². The summed E-state index contributed by atoms with van der Waals surface area (Å²) in [6, 6.07) is 4.71. The van der Waals surface area contributed by atoms with E-state index in [1.165, 1.54) is 6.07 Å². The fraction of sp³-hybridized carbons (Fsp3) is 0.111. The van der Waals surface area contributed by atoms with Crippen molar-refractivity contribution in [3.63, 3.8) is 0 Å². The molecule has 0 atom stereocenters. The minimum atomic E-state index is -1.22. The molecule has 1 aromatic carbocycles. The van der Waals surface area contributed by atoms with Crippen LogP contribution < -0.4 is 5.73 Å². The highest BCUT2D eigenvalue weighted by atomic mass is 35.5. The molecule has 0 heterocycles. The fourth-order valence-corrected chi connectivity index (χ4v) is 1.40. The number of aromatic carboxylic acids is 1. The minimum absolute atomic E-state index is 0.0408. The molecule has 0 fully saturated rings. The number of hydrogen-bond acceptors (Lipinski definition) is 3. The Labute approximate surface area is 85.5 Å². The van der Waals surface area contributed by atoms with Gasteiger partial charge in [0, 0.05) is 6.54 Å². The van der Waals surface area contributed by atoms with Crippen LogP contribution >= 0.6 is 11.6 Å². The topological polar surface area (TPSA) is 87.1 Å². The Bertz CT molecular complexity index is 424. The van der Waals surface area contributed by atoms with Crippen molar-refractivity contribution in [2.45, 2.75) is 6.54 Å². The maximum Gasteiger partial charge on any atom is 0.338 e. The fourth-order valence-electron chi connectivity index (χ4n) is 1.08. The molecule has 0 radical (unpaired) electrons. The number of hydrogen-bond donors (Lipinski definition) is 2. The average molecular weight is 211 g/mol. The minimum Gasteiger partial charge on any atom is -0.478 e. The van der Waals surface area contributed by atoms with Crippen LogP contribution in [0.3, 0.4) is 0 Å². The summed E-state index contributed by atoms with van der Waals surface area (Å²) in [6.45, 7) is 0.144. The van der Waals surface area contributed by atoms with Crippen LogP contribution in [-0.2, 0) is 6.54 Å². The second-order valence-corrected chi connectivity index (χ2v) is 2.96. The van der Waals surface area contributed by atoms with Crippen LogP contribution in [0.25, 0.3) is 0 Å². The predicted octanol–water partition coefficient (Wildman–Crippen LogP) is 1.37. The Morgan fingerprint density at radius 1 is 1.64 bits per heavy atom. The van der Waals surface area contributed by atoms with E-state index in [1.54, 1.807) is 12.1 Å². The van der Waals surface area contributed by atoms with E-state index in [9.17, 15) is 4.79 Å². The molecular weight excluding hydrogens is 204 g/mol. The third-order valence-corrected chi connectivity index (χ3v) is 2.21. The highest BCUT2D eigenvalue weighted by Gasteiger charge is 2.16. The van der Waals surface area contributed by atoms with Gasteiger partial charge in [-0.15, -0.1) is 0 Å². The number of benzene rings is 1. The molecule has 14 heavy (non-hydrogen) atoms. The first-order chi connectivity index (χ1) is 6.61. The summed E-state index contributed by atoms with van der Waals surface area (Å²) in [6.07, 6.45) is 0. The summed E-state index contributed by atoms with van der Waals surface area (Å²) in [5, 5.41) is 17.5. The van der Waals surface area contributed by atoms with E-state index >= 15 is 0 Å². The first-order valence-corrected chi connectivity index (χ1v) is 4.14. The normalized spacial score (nSPS) is 9.50. The van der Waals surface area contributed by atoms with Gasteiger partial charge in [0.25, 0.3) is 0 Å². The Hall–Kier alpha value is -1.57. The van der Waals surface area contributed by atoms with E-state index < -0.39 is 5.97 Å². The number of halogens is 1. The van der Waals surface area contributed by atoms with Gasteiger partial charge in [-0.3, -0.25) is 0 Å². The summed E-state index contributed by atoms with van der Waals surface area (Å²) in [5.74, 6) is -1.22. The van der Waals surface area contributed by atoms with Gasteiger partial charge in [0.05, 0.1) is 16.1 Å². The number of rotatable bonds is 2. The molecule has 1 rings (SSSR count). The number of carbonyl (C=O) groups is 1. The van der Waals surface area contributed by atoms with Crippen molar-refractivity contribution in [1.82, 2.24) is 0 Å². The average Bonchev–Trinajstić information content (AvgIpc) is 2.16. The summed E-state index contributed by atoms with van der Waals surface area (Å²) in [7, 11) is 0. The van der Waals surface area contributed by atoms with E-state index in [4.69, 9.17) is 27.7 Å². The quantitative estimate of drug-likeness (QED) is 0.772. The third-order valence-electron chi connectivity index (χ3n) is 1.78. The van der Waals surface area contributed by atoms with Crippen LogP contribution in [0.5, 0.6) is 0 Å². The second-order valence-electron chi connectivity index (χ2n) is 2.58. The molecule has 72 valence electrons. The van der Waals surface area contributed by atoms with Crippen LogP contribution in [0.15, 0.2) is 12.1 Å². The molecule has 0 saturated carbocycles. The monoisotopic (exact) mass is 210 g/mol. The summed E-state index contributed by atoms with van der Waals surface area (Å²) >= 11 is 5.78. The van der Waals surface area contributed by atoms with Gasteiger partial charge >= 0.3 is 5.97 Å². The predicted molar refractivity (Wildman–Crippen MR) is 51.0 cm³/mol. The van der Waals surface area contributed by atoms with Gasteiger partial charge in [-0.25, -0.2) is 4.79 Å². The molecule has 0 aliphatic heterocycles. The zero-order chi connectivity index (χ0) is 10.7. The van der Waals surface area contributed by atoms with Crippen molar-refractivity contribution in [3.05, 3.63) is 33.8 Å². The van der Waals surface area contributed by atoms with Crippen molar-refractivity contribution in [3.8, 4) is 6.07 Å². The molecule has 0 aromatic heterocycles. The van der Waals surface area contributed by atoms with Gasteiger partial charge in [-0.1, -0.05) is 17.7 Å². The van der Waals surface area contributed by atoms with E-state index in [0.717, 1.165) is 0 Å². The van der Waals surface area contributed by atoms with E-state index in [0.29, 0.717) is 5.56 Å². The Kier molecular flexibility index (Phi) is 3.07. The van der Waals surface area contributed by atoms with Crippen molar-refractivity contribution in [2.75, 3.05) is 0 Å². The maximum atomic E-state index is 10.8. The van der Waals surface area contributed by atoms with Crippen LogP contribution in [0, 0.1) is 11.3 Å². The highest BCUT2D eigenvalue weighted by molar-refractivity contribution is 6.34. The van der Waals surface area contributed by atoms with Gasteiger partial charge in [0.15, 0.2) is 0 Å². The molecule has 0 amide bonds. The third kappa shape index (κ3) is 1.69. The van der Waals surface area contributed by atoms with Crippen LogP contribution in [0.4, 0.5) is 0 Å². The lowest BCUT2D eigenvalue weighted by molar-refractivity contribution is 0.0696. The SMILES string of the molecule is N#Cc1ccc(CN)c(Cl)c1C(=O)O. The first-order valence-electron chi connectivity index (χ1n) is 3.76. The maximum absolute atomic E-state index is 10.8. The largest absolute Gasteiger partial charge is 0.478 e. The van der Waals surface area contributed by atoms with Crippen molar-refractivity contribution < 1.29 is 9.90 Å². The van der Waals surface area contributed by atoms with Gasteiger partial charge in [-0.05, 0) is 11.6 Å². The zero-order valence-electron chi connectivity index (χ0n) is 7.12. The van der Waals surface area contributed by atoms with Crippen LogP contribution in [0.1, 0.15) is 21.5 Å². The molecule has 0 unspecified atom stereocenters. The highest BCUT2D eigenvalue weighted by Crippen LogP contribution is 2.24. The zero-order valence-corrected chi connectivity index (χ0v) is 7.88. The van der Waals surface area contributed by atoms with E-state index in [2.05, 4.69) is 0 Å². The lowest BCUT2D eigenvalue weighted by atomic mass is 10.0. The standard InChI is InChI=1S/C9H7ClN2O2/c10-8-6(4-12)2-1-5(3-11)7(8)9(13)14/h1-2H,4,12H2,(H,13,14). The summed E-state index contributed by atoms with van der Waals surface area (Å²) in [4.78, 5) is 10.8. The van der Waals surface area contributed by atoms with Gasteiger partial charge in [0.1, 0.15) is 6.07 Å². The number of nitrogens with zero attached hydrogens (tertiary/aromatic N) is 1. The van der Waals surface area contributed by atoms with E-state index in [1.807, 2.05) is 0 Å². The van der Waals surface area contributed by atoms with Crippen molar-refractivity contribution >= 4 is 17.6 Å². The van der Waals surface area contributed by atoms with Crippen LogP contribution in [-0.4, -0.2) is 11.1 Å². The molecule has 0 aliphatic carbocycles. The number of nitrogens with two attached hydrogens (primary N) is 1. The molecule has 1 aromatic rings. The van der Waals surface area contributed by atoms with Crippen molar-refractivity contribution in [1.29, 1.82) is 5.26 Å². The lowest BCUT2D eigenvalue weighted by Gasteiger charge is -2.05. The smallest absolute Gasteiger partial charge is 0.338 e. The molecule has 5 heteroatoms. The number of nitriles is 1. The molecular formula is C9H7ClN2O2. The number of carboxylic acids is 1. The first kappa shape index (κ1) is 10.5. The molecule has 4 nitrogen and oxygen atoms in total. The molecule has 0 bridgehead atoms. The van der Waals surface area contributed by atoms with Gasteiger partial charge < -0.3 is 10.8 Å². The summed E-state index contributed by atoms with van der Waals surface area (Å²) < 4.78 is 0. The molecule has 3 N–H and O–H groups in total.